The molecule has 7 unspecified atom stereocenters. The molecule has 4 aliphatic rings. The molecule has 4 rings (SSSR count). The third-order valence-corrected chi connectivity index (χ3v) is 9.54. The van der Waals surface area contributed by atoms with Gasteiger partial charge in [0.1, 0.15) is 0 Å². The molecule has 31 heavy (non-hydrogen) atoms. The largest absolute Gasteiger partial charge is 0.393 e. The Morgan fingerprint density at radius 1 is 1.23 bits per heavy atom. The van der Waals surface area contributed by atoms with E-state index in [0.29, 0.717) is 24.2 Å². The molecule has 3 saturated carbocycles. The van der Waals surface area contributed by atoms with Gasteiger partial charge in [0.05, 0.1) is 12.2 Å². The molecular formula is C25H41NO4S. The number of aliphatic hydroxyl groups excluding tert-OH is 1. The molecule has 3 N–H and O–H groups in total. The standard InChI is InChI=1S/C24H36O4S.CH5N/c1-23-10-9-17(26)13-16(23)5-6-18-19-7-8-21(27)24(19,2)14-20(22(18)23)28-11-3-4-12-29-15-25;1-2/h13,15,18-22,27H,3-12,14H2,1-2H3;2H2,1H3. The van der Waals surface area contributed by atoms with E-state index < -0.39 is 0 Å². The van der Waals surface area contributed by atoms with E-state index in [-0.39, 0.29) is 28.8 Å². The van der Waals surface area contributed by atoms with Gasteiger partial charge in [-0.05, 0) is 93.1 Å². The first-order valence-electron chi connectivity index (χ1n) is 12.1. The van der Waals surface area contributed by atoms with Gasteiger partial charge in [-0.15, -0.1) is 0 Å². The van der Waals surface area contributed by atoms with Gasteiger partial charge >= 0.3 is 0 Å². The molecule has 0 radical (unpaired) electrons. The van der Waals surface area contributed by atoms with Crippen LogP contribution in [0.3, 0.4) is 0 Å². The lowest BCUT2D eigenvalue weighted by Crippen LogP contribution is -2.57. The van der Waals surface area contributed by atoms with E-state index in [1.807, 2.05) is 6.08 Å². The molecule has 4 aliphatic carbocycles. The number of hydrogen-bond donors (Lipinski definition) is 2. The molecular weight excluding hydrogens is 410 g/mol. The SMILES string of the molecule is CC12CCC(=O)C=C1CCC1C2C(OCCCCSC=O)CC2(C)C(O)CCC12.CN. The van der Waals surface area contributed by atoms with Crippen LogP contribution in [0.15, 0.2) is 11.6 Å². The van der Waals surface area contributed by atoms with Gasteiger partial charge in [0.15, 0.2) is 11.4 Å². The van der Waals surface area contributed by atoms with E-state index in [9.17, 15) is 14.7 Å². The first-order valence-corrected chi connectivity index (χ1v) is 13.1. The molecule has 0 saturated heterocycles. The third-order valence-electron chi connectivity index (χ3n) is 8.88. The number of fused-ring (bicyclic) bond motifs is 5. The van der Waals surface area contributed by atoms with Gasteiger partial charge in [-0.2, -0.15) is 0 Å². The van der Waals surface area contributed by atoms with Crippen LogP contribution in [-0.4, -0.2) is 48.1 Å². The Morgan fingerprint density at radius 3 is 2.74 bits per heavy atom. The molecule has 3 fully saturated rings. The Labute approximate surface area is 191 Å². The average Bonchev–Trinajstić information content (AvgIpc) is 3.06. The van der Waals surface area contributed by atoms with E-state index >= 15 is 0 Å². The molecule has 7 atom stereocenters. The molecule has 6 heteroatoms. The van der Waals surface area contributed by atoms with Gasteiger partial charge in [0, 0.05) is 18.8 Å². The zero-order valence-corrected chi connectivity index (χ0v) is 20.3. The molecule has 0 amide bonds. The van der Waals surface area contributed by atoms with Crippen LogP contribution < -0.4 is 5.73 Å². The minimum Gasteiger partial charge on any atom is -0.393 e. The lowest BCUT2D eigenvalue weighted by molar-refractivity contribution is -0.161. The van der Waals surface area contributed by atoms with Crippen molar-refractivity contribution in [3.63, 3.8) is 0 Å². The Morgan fingerprint density at radius 2 is 2.00 bits per heavy atom. The number of carbonyl (C=O) groups excluding carboxylic acids is 2. The summed E-state index contributed by atoms with van der Waals surface area (Å²) in [4.78, 5) is 22.6. The summed E-state index contributed by atoms with van der Waals surface area (Å²) in [6, 6.07) is 0. The fourth-order valence-electron chi connectivity index (χ4n) is 7.35. The second-order valence-corrected chi connectivity index (χ2v) is 11.2. The van der Waals surface area contributed by atoms with E-state index in [1.165, 1.54) is 24.4 Å². The van der Waals surface area contributed by atoms with Gasteiger partial charge in [0.2, 0.25) is 0 Å². The highest BCUT2D eigenvalue weighted by atomic mass is 32.2. The summed E-state index contributed by atoms with van der Waals surface area (Å²) in [6.07, 6.45) is 10.6. The Balaban J connectivity index is 0.00000132. The second kappa shape index (κ2) is 10.5. The average molecular weight is 452 g/mol. The van der Waals surface area contributed by atoms with Crippen molar-refractivity contribution in [3.05, 3.63) is 11.6 Å². The summed E-state index contributed by atoms with van der Waals surface area (Å²) in [7, 11) is 1.50. The van der Waals surface area contributed by atoms with Crippen molar-refractivity contribution in [1.29, 1.82) is 0 Å². The summed E-state index contributed by atoms with van der Waals surface area (Å²) < 4.78 is 6.57. The number of unbranched alkanes of at least 4 members (excludes halogenated alkanes) is 1. The zero-order chi connectivity index (χ0) is 22.6. The van der Waals surface area contributed by atoms with Gasteiger partial charge < -0.3 is 15.6 Å². The lowest BCUT2D eigenvalue weighted by atomic mass is 9.46. The van der Waals surface area contributed by atoms with Crippen molar-refractivity contribution >= 4 is 23.2 Å². The minimum atomic E-state index is -0.221. The molecule has 0 aromatic rings. The highest BCUT2D eigenvalue weighted by Gasteiger charge is 2.62. The highest BCUT2D eigenvalue weighted by Crippen LogP contribution is 2.65. The normalized spacial score (nSPS) is 41.3. The predicted molar refractivity (Wildman–Crippen MR) is 126 cm³/mol. The van der Waals surface area contributed by atoms with Crippen LogP contribution in [0.4, 0.5) is 0 Å². The zero-order valence-electron chi connectivity index (χ0n) is 19.5. The van der Waals surface area contributed by atoms with Crippen molar-refractivity contribution in [2.75, 3.05) is 19.4 Å². The number of aliphatic hydroxyl groups is 1. The van der Waals surface area contributed by atoms with E-state index in [1.54, 1.807) is 0 Å². The van der Waals surface area contributed by atoms with Crippen molar-refractivity contribution in [2.45, 2.75) is 83.8 Å². The quantitative estimate of drug-likeness (QED) is 0.446. The molecule has 0 aromatic heterocycles. The lowest BCUT2D eigenvalue weighted by Gasteiger charge is -2.60. The third kappa shape index (κ3) is 4.68. The Hall–Kier alpha value is -0.690. The Kier molecular flexibility index (Phi) is 8.44. The van der Waals surface area contributed by atoms with Gasteiger partial charge in [-0.25, -0.2) is 0 Å². The van der Waals surface area contributed by atoms with Crippen LogP contribution in [0.25, 0.3) is 0 Å². The second-order valence-electron chi connectivity index (χ2n) is 10.3. The van der Waals surface area contributed by atoms with E-state index in [0.717, 1.165) is 69.3 Å². The van der Waals surface area contributed by atoms with Gasteiger partial charge in [-0.3, -0.25) is 9.59 Å². The number of ether oxygens (including phenoxy) is 1. The van der Waals surface area contributed by atoms with Crippen LogP contribution in [0.2, 0.25) is 0 Å². The fraction of sp³-hybridized carbons (Fsp3) is 0.840. The maximum atomic E-state index is 12.1. The topological polar surface area (TPSA) is 89.6 Å². The molecule has 5 nitrogen and oxygen atoms in total. The molecule has 0 spiro atoms. The molecule has 0 bridgehead atoms. The smallest absolute Gasteiger partial charge is 0.176 e. The monoisotopic (exact) mass is 451 g/mol. The number of nitrogens with two attached hydrogens (primary N) is 1. The summed E-state index contributed by atoms with van der Waals surface area (Å²) in [5.41, 5.74) is 6.79. The maximum absolute atomic E-state index is 12.1. The Bertz CT molecular complexity index is 682. The molecule has 0 aromatic carbocycles. The maximum Gasteiger partial charge on any atom is 0.176 e. The molecule has 0 aliphatic heterocycles. The highest BCUT2D eigenvalue weighted by molar-refractivity contribution is 8.11. The van der Waals surface area contributed by atoms with Crippen LogP contribution >= 0.6 is 11.8 Å². The van der Waals surface area contributed by atoms with Crippen molar-refractivity contribution in [1.82, 2.24) is 0 Å². The summed E-state index contributed by atoms with van der Waals surface area (Å²) in [5.74, 6) is 2.75. The predicted octanol–water partition coefficient (Wildman–Crippen LogP) is 4.15. The van der Waals surface area contributed by atoms with Crippen molar-refractivity contribution in [3.8, 4) is 0 Å². The number of thioether (sulfide) groups is 1. The number of carbonyl (C=O) groups is 2. The van der Waals surface area contributed by atoms with E-state index in [4.69, 9.17) is 4.74 Å². The first-order chi connectivity index (χ1) is 14.9. The van der Waals surface area contributed by atoms with Crippen molar-refractivity contribution in [2.24, 2.45) is 34.3 Å². The van der Waals surface area contributed by atoms with Crippen LogP contribution in [0.1, 0.15) is 71.6 Å². The summed E-state index contributed by atoms with van der Waals surface area (Å²) in [5, 5.41) is 10.8. The number of hydrogen-bond acceptors (Lipinski definition) is 6. The fourth-order valence-corrected chi connectivity index (χ4v) is 7.82. The number of rotatable bonds is 7. The van der Waals surface area contributed by atoms with Crippen LogP contribution in [0.5, 0.6) is 0 Å². The summed E-state index contributed by atoms with van der Waals surface area (Å²) in [6.45, 7) is 5.39. The van der Waals surface area contributed by atoms with Gasteiger partial charge in [-0.1, -0.05) is 31.2 Å². The molecule has 0 heterocycles. The summed E-state index contributed by atoms with van der Waals surface area (Å²) >= 11 is 1.33. The number of ketones is 1. The van der Waals surface area contributed by atoms with Crippen LogP contribution in [0, 0.1) is 28.6 Å². The van der Waals surface area contributed by atoms with Crippen molar-refractivity contribution < 1.29 is 19.4 Å². The van der Waals surface area contributed by atoms with Crippen LogP contribution in [-0.2, 0) is 14.3 Å². The number of allylic oxidation sites excluding steroid dienone is 1. The molecule has 176 valence electrons. The minimum absolute atomic E-state index is 0.0404. The van der Waals surface area contributed by atoms with E-state index in [2.05, 4.69) is 19.6 Å². The van der Waals surface area contributed by atoms with Gasteiger partial charge in [0.25, 0.3) is 0 Å². The first kappa shape index (κ1) is 24.9.